The van der Waals surface area contributed by atoms with E-state index < -0.39 is 0 Å². The molecule has 0 fully saturated rings. The Morgan fingerprint density at radius 2 is 0.824 bits per heavy atom. The fourth-order valence-corrected chi connectivity index (χ4v) is 5.34. The maximum atomic E-state index is 6.02. The average Bonchev–Trinajstić information content (AvgIpc) is 3.56. The van der Waals surface area contributed by atoms with E-state index in [0.29, 0.717) is 0 Å². The van der Waals surface area contributed by atoms with Crippen LogP contribution in [0.25, 0.3) is 0 Å². The molecule has 0 spiro atoms. The molecule has 4 nitrogen and oxygen atoms in total. The van der Waals surface area contributed by atoms with Crippen LogP contribution in [0, 0.1) is 12.3 Å². The third kappa shape index (κ3) is 2.99. The van der Waals surface area contributed by atoms with E-state index in [2.05, 4.69) is 124 Å². The van der Waals surface area contributed by atoms with Crippen LogP contribution in [-0.2, 0) is 21.7 Å². The molecule has 176 valence electrons. The molecule has 0 radical (unpaired) electrons. The number of fused-ring (bicyclic) bond motifs is 8. The molecule has 0 atom stereocenters. The van der Waals surface area contributed by atoms with Gasteiger partial charge in [0.25, 0.3) is 0 Å². The van der Waals surface area contributed by atoms with Gasteiger partial charge in [0.1, 0.15) is 0 Å². The molecule has 0 aromatic carbocycles. The largest absolute Gasteiger partial charge is 0.361 e. The average molecular weight is 453 g/mol. The van der Waals surface area contributed by atoms with Crippen molar-refractivity contribution in [3.05, 3.63) is 93.6 Å². The van der Waals surface area contributed by atoms with Gasteiger partial charge >= 0.3 is 0 Å². The van der Waals surface area contributed by atoms with E-state index in [9.17, 15) is 0 Å². The summed E-state index contributed by atoms with van der Waals surface area (Å²) in [6.07, 6.45) is 6.02. The molecule has 0 unspecified atom stereocenters. The zero-order valence-electron chi connectivity index (χ0n) is 21.6. The van der Waals surface area contributed by atoms with Crippen LogP contribution in [-0.4, -0.2) is 19.9 Å². The first-order chi connectivity index (χ1) is 15.8. The van der Waals surface area contributed by atoms with Crippen molar-refractivity contribution >= 4 is 0 Å². The highest BCUT2D eigenvalue weighted by Crippen LogP contribution is 2.41. The van der Waals surface area contributed by atoms with Crippen molar-refractivity contribution in [2.45, 2.75) is 77.0 Å². The molecule has 4 aromatic rings. The summed E-state index contributed by atoms with van der Waals surface area (Å²) in [5, 5.41) is 0. The highest BCUT2D eigenvalue weighted by molar-refractivity contribution is 5.50. The summed E-state index contributed by atoms with van der Waals surface area (Å²) in [7, 11) is 0. The Kier molecular flexibility index (Phi) is 4.53. The zero-order chi connectivity index (χ0) is 24.7. The molecule has 0 saturated heterocycles. The van der Waals surface area contributed by atoms with Gasteiger partial charge in [0, 0.05) is 72.8 Å². The van der Waals surface area contributed by atoms with Gasteiger partial charge in [-0.15, -0.1) is 6.42 Å². The number of aromatic nitrogens is 4. The van der Waals surface area contributed by atoms with E-state index >= 15 is 0 Å². The van der Waals surface area contributed by atoms with Gasteiger partial charge in [-0.1, -0.05) is 5.92 Å². The van der Waals surface area contributed by atoms with E-state index in [4.69, 9.17) is 6.42 Å². The summed E-state index contributed by atoms with van der Waals surface area (Å²) >= 11 is 0. The number of terminal acetylenes is 1. The minimum absolute atomic E-state index is 0.201. The molecule has 34 heavy (non-hydrogen) atoms. The van der Waals surface area contributed by atoms with Crippen molar-refractivity contribution in [3.63, 3.8) is 0 Å². The van der Waals surface area contributed by atoms with E-state index in [1.807, 2.05) is 0 Å². The van der Waals surface area contributed by atoms with Crippen molar-refractivity contribution in [2.75, 3.05) is 0 Å². The second kappa shape index (κ2) is 6.85. The van der Waals surface area contributed by atoms with Gasteiger partial charge < -0.3 is 19.9 Å². The molecule has 1 aliphatic heterocycles. The van der Waals surface area contributed by atoms with E-state index in [0.717, 1.165) is 28.3 Å². The molecule has 8 bridgehead atoms. The summed E-state index contributed by atoms with van der Waals surface area (Å²) < 4.78 is 0. The number of hydrogen-bond donors (Lipinski definition) is 4. The Balaban J connectivity index is 1.80. The summed E-state index contributed by atoms with van der Waals surface area (Å²) in [5.41, 5.74) is 9.11. The van der Waals surface area contributed by atoms with Crippen molar-refractivity contribution < 1.29 is 0 Å². The van der Waals surface area contributed by atoms with Gasteiger partial charge in [-0.25, -0.2) is 0 Å². The quantitative estimate of drug-likeness (QED) is 0.217. The molecule has 4 aromatic heterocycles. The Morgan fingerprint density at radius 3 is 1.18 bits per heavy atom. The molecule has 5 rings (SSSR count). The molecule has 4 N–H and O–H groups in total. The maximum Gasteiger partial charge on any atom is 0.0462 e. The Hall–Kier alpha value is -3.32. The minimum atomic E-state index is -0.314. The number of rotatable bonds is 0. The highest BCUT2D eigenvalue weighted by atomic mass is 14.9. The smallest absolute Gasteiger partial charge is 0.0462 e. The van der Waals surface area contributed by atoms with Gasteiger partial charge in [0.2, 0.25) is 0 Å². The summed E-state index contributed by atoms with van der Waals surface area (Å²) in [4.78, 5) is 15.0. The standard InChI is InChI=1S/C30H36N4/c1-10-18-17-25-29(6,7)23-14-13-21(32-23)27(2,3)19-11-12-20(31-19)28(4,5)22-15-16-24(33-22)30(8,9)26(18)34-25/h1,11-17,31-34H,2-9H3. The normalized spacial score (nSPS) is 19.5. The number of nitrogens with one attached hydrogen (secondary N) is 4. The van der Waals surface area contributed by atoms with Gasteiger partial charge in [0.15, 0.2) is 0 Å². The SMILES string of the molecule is C#Cc1cc2[nH]c1C(C)(C)c1ccc([nH]1)C(C)(C)c1ccc([nH]1)C(C)(C)c1ccc([nH]1)C2(C)C. The van der Waals surface area contributed by atoms with E-state index in [1.54, 1.807) is 0 Å². The predicted molar refractivity (Wildman–Crippen MR) is 140 cm³/mol. The molecule has 1 aliphatic rings. The van der Waals surface area contributed by atoms with E-state index in [1.165, 1.54) is 22.8 Å². The van der Waals surface area contributed by atoms with Gasteiger partial charge in [0.05, 0.1) is 0 Å². The third-order valence-corrected chi connectivity index (χ3v) is 8.37. The maximum absolute atomic E-state index is 6.02. The van der Waals surface area contributed by atoms with Crippen LogP contribution in [0.1, 0.15) is 107 Å². The number of hydrogen-bond acceptors (Lipinski definition) is 0. The van der Waals surface area contributed by atoms with E-state index in [-0.39, 0.29) is 21.7 Å². The Morgan fingerprint density at radius 1 is 0.500 bits per heavy atom. The fraction of sp³-hybridized carbons (Fsp3) is 0.400. The Bertz CT molecular complexity index is 1420. The molecule has 4 heteroatoms. The molecule has 0 aliphatic carbocycles. The first-order valence-electron chi connectivity index (χ1n) is 12.1. The lowest BCUT2D eigenvalue weighted by atomic mass is 9.84. The zero-order valence-corrected chi connectivity index (χ0v) is 21.6. The van der Waals surface area contributed by atoms with Crippen molar-refractivity contribution in [1.29, 1.82) is 0 Å². The van der Waals surface area contributed by atoms with Crippen molar-refractivity contribution in [3.8, 4) is 12.3 Å². The second-order valence-electron chi connectivity index (χ2n) is 12.0. The van der Waals surface area contributed by atoms with Crippen LogP contribution in [0.15, 0.2) is 42.5 Å². The molecular formula is C30H36N4. The van der Waals surface area contributed by atoms with Crippen LogP contribution in [0.3, 0.4) is 0 Å². The van der Waals surface area contributed by atoms with Crippen LogP contribution >= 0.6 is 0 Å². The number of H-pyrrole nitrogens is 4. The molecule has 0 saturated carbocycles. The lowest BCUT2D eigenvalue weighted by molar-refractivity contribution is 0.545. The lowest BCUT2D eigenvalue weighted by Crippen LogP contribution is -2.26. The third-order valence-electron chi connectivity index (χ3n) is 8.37. The van der Waals surface area contributed by atoms with Crippen LogP contribution in [0.2, 0.25) is 0 Å². The first-order valence-corrected chi connectivity index (χ1v) is 12.1. The van der Waals surface area contributed by atoms with Crippen LogP contribution in [0.5, 0.6) is 0 Å². The topological polar surface area (TPSA) is 63.2 Å². The summed E-state index contributed by atoms with van der Waals surface area (Å²) in [5.74, 6) is 2.94. The highest BCUT2D eigenvalue weighted by Gasteiger charge is 2.37. The summed E-state index contributed by atoms with van der Waals surface area (Å²) in [6, 6.07) is 15.4. The van der Waals surface area contributed by atoms with Gasteiger partial charge in [-0.2, -0.15) is 0 Å². The first kappa shape index (κ1) is 22.5. The van der Waals surface area contributed by atoms with Gasteiger partial charge in [-0.05, 0) is 97.9 Å². The fourth-order valence-electron chi connectivity index (χ4n) is 5.34. The minimum Gasteiger partial charge on any atom is -0.361 e. The predicted octanol–water partition coefficient (Wildman–Crippen LogP) is 6.60. The van der Waals surface area contributed by atoms with Crippen molar-refractivity contribution in [1.82, 2.24) is 19.9 Å². The molecule has 5 heterocycles. The molecular weight excluding hydrogens is 416 g/mol. The Labute approximate surface area is 203 Å². The summed E-state index contributed by atoms with van der Waals surface area (Å²) in [6.45, 7) is 18.0. The molecule has 0 amide bonds. The second-order valence-corrected chi connectivity index (χ2v) is 12.0. The van der Waals surface area contributed by atoms with Crippen molar-refractivity contribution in [2.24, 2.45) is 0 Å². The monoisotopic (exact) mass is 452 g/mol. The number of aromatic amines is 4. The lowest BCUT2D eigenvalue weighted by Gasteiger charge is -2.28. The van der Waals surface area contributed by atoms with Crippen LogP contribution < -0.4 is 0 Å². The van der Waals surface area contributed by atoms with Gasteiger partial charge in [-0.3, -0.25) is 0 Å². The van der Waals surface area contributed by atoms with Crippen LogP contribution in [0.4, 0.5) is 0 Å².